The van der Waals surface area contributed by atoms with Gasteiger partial charge in [0.25, 0.3) is 0 Å². The Bertz CT molecular complexity index is 1300. The Morgan fingerprint density at radius 3 is 2.39 bits per heavy atom. The van der Waals surface area contributed by atoms with Gasteiger partial charge >= 0.3 is 0 Å². The summed E-state index contributed by atoms with van der Waals surface area (Å²) in [5.74, 6) is 1.12. The van der Waals surface area contributed by atoms with Gasteiger partial charge in [-0.25, -0.2) is 0 Å². The first-order chi connectivity index (χ1) is 15.9. The van der Waals surface area contributed by atoms with Crippen molar-refractivity contribution in [3.05, 3.63) is 84.4 Å². The second-order valence-corrected chi connectivity index (χ2v) is 9.60. The van der Waals surface area contributed by atoms with Crippen molar-refractivity contribution in [2.45, 2.75) is 31.0 Å². The molecular weight excluding hydrogens is 432 g/mol. The Morgan fingerprint density at radius 2 is 1.64 bits per heavy atom. The molecule has 33 heavy (non-hydrogen) atoms. The van der Waals surface area contributed by atoms with Crippen molar-refractivity contribution in [3.8, 4) is 17.1 Å². The molecule has 5 rings (SSSR count). The number of carbonyl (C=O) groups excluding carboxylic acids is 1. The Morgan fingerprint density at radius 1 is 0.970 bits per heavy atom. The summed E-state index contributed by atoms with van der Waals surface area (Å²) in [4.78, 5) is 15.1. The normalized spacial score (nSPS) is 13.8. The molecule has 166 valence electrons. The molecular formula is C26H24N4O2S. The standard InChI is InChI=1S/C26H24N4O2S/c1-26(2)16-18-8-6-7-11-22(18)24-27-28-25(30(24)26)33-17-23(32)29(19-9-4-3-5-10-19)20-12-14-21(31)15-13-20/h3-15,31H,16-17H2,1-2H3. The van der Waals surface area contributed by atoms with Gasteiger partial charge in [0.15, 0.2) is 11.0 Å². The van der Waals surface area contributed by atoms with Crippen molar-refractivity contribution in [1.29, 1.82) is 0 Å². The molecule has 1 amide bonds. The zero-order valence-electron chi connectivity index (χ0n) is 18.5. The van der Waals surface area contributed by atoms with Crippen molar-refractivity contribution in [1.82, 2.24) is 14.8 Å². The minimum Gasteiger partial charge on any atom is -0.508 e. The van der Waals surface area contributed by atoms with E-state index in [0.29, 0.717) is 5.69 Å². The summed E-state index contributed by atoms with van der Waals surface area (Å²) in [6.45, 7) is 4.35. The van der Waals surface area contributed by atoms with Crippen LogP contribution in [0.25, 0.3) is 11.4 Å². The molecule has 1 aromatic heterocycles. The Hall–Kier alpha value is -3.58. The van der Waals surface area contributed by atoms with Crippen molar-refractivity contribution in [2.75, 3.05) is 10.7 Å². The van der Waals surface area contributed by atoms with E-state index in [1.807, 2.05) is 36.4 Å². The smallest absolute Gasteiger partial charge is 0.242 e. The van der Waals surface area contributed by atoms with Crippen LogP contribution in [0.15, 0.2) is 84.0 Å². The highest BCUT2D eigenvalue weighted by Crippen LogP contribution is 2.40. The van der Waals surface area contributed by atoms with Gasteiger partial charge in [-0.2, -0.15) is 0 Å². The summed E-state index contributed by atoms with van der Waals surface area (Å²) >= 11 is 1.40. The molecule has 0 spiro atoms. The predicted octanol–water partition coefficient (Wildman–Crippen LogP) is 5.40. The molecule has 2 heterocycles. The van der Waals surface area contributed by atoms with Crippen molar-refractivity contribution in [2.24, 2.45) is 0 Å². The van der Waals surface area contributed by atoms with Crippen LogP contribution in [0.3, 0.4) is 0 Å². The number of phenols is 1. The monoisotopic (exact) mass is 456 g/mol. The van der Waals surface area contributed by atoms with E-state index in [2.05, 4.69) is 46.8 Å². The van der Waals surface area contributed by atoms with Crippen molar-refractivity contribution < 1.29 is 9.90 Å². The average Bonchev–Trinajstić information content (AvgIpc) is 3.25. The van der Waals surface area contributed by atoms with Crippen LogP contribution < -0.4 is 4.90 Å². The topological polar surface area (TPSA) is 71.2 Å². The molecule has 0 saturated heterocycles. The Balaban J connectivity index is 1.44. The summed E-state index contributed by atoms with van der Waals surface area (Å²) in [7, 11) is 0. The maximum absolute atomic E-state index is 13.4. The largest absolute Gasteiger partial charge is 0.508 e. The molecule has 0 aliphatic carbocycles. The third kappa shape index (κ3) is 4.00. The lowest BCUT2D eigenvalue weighted by molar-refractivity contribution is -0.115. The van der Waals surface area contributed by atoms with Gasteiger partial charge < -0.3 is 5.11 Å². The zero-order valence-corrected chi connectivity index (χ0v) is 19.3. The predicted molar refractivity (Wildman–Crippen MR) is 131 cm³/mol. The lowest BCUT2D eigenvalue weighted by Gasteiger charge is -2.34. The van der Waals surface area contributed by atoms with Crippen LogP contribution in [-0.4, -0.2) is 31.5 Å². The Kier molecular flexibility index (Phi) is 5.42. The van der Waals surface area contributed by atoms with Gasteiger partial charge in [0.05, 0.1) is 5.75 Å². The zero-order chi connectivity index (χ0) is 23.0. The first-order valence-electron chi connectivity index (χ1n) is 10.8. The lowest BCUT2D eigenvalue weighted by atomic mass is 9.87. The third-order valence-electron chi connectivity index (χ3n) is 5.82. The highest BCUT2D eigenvalue weighted by atomic mass is 32.2. The number of carbonyl (C=O) groups is 1. The maximum atomic E-state index is 13.4. The third-order valence-corrected chi connectivity index (χ3v) is 6.73. The van der Waals surface area contributed by atoms with Crippen LogP contribution in [-0.2, 0) is 16.8 Å². The van der Waals surface area contributed by atoms with Gasteiger partial charge in [0.1, 0.15) is 5.75 Å². The van der Waals surface area contributed by atoms with E-state index in [4.69, 9.17) is 0 Å². The number of para-hydroxylation sites is 1. The second-order valence-electron chi connectivity index (χ2n) is 8.66. The summed E-state index contributed by atoms with van der Waals surface area (Å²) < 4.78 is 2.15. The van der Waals surface area contributed by atoms with Gasteiger partial charge in [-0.15, -0.1) is 10.2 Å². The molecule has 4 aromatic rings. The number of phenolic OH excluding ortho intramolecular Hbond substituents is 1. The van der Waals surface area contributed by atoms with E-state index in [0.717, 1.165) is 28.7 Å². The molecule has 1 N–H and O–H groups in total. The fraction of sp³-hybridized carbons (Fsp3) is 0.192. The van der Waals surface area contributed by atoms with Crippen LogP contribution in [0.4, 0.5) is 11.4 Å². The van der Waals surface area contributed by atoms with Crippen molar-refractivity contribution in [3.63, 3.8) is 0 Å². The summed E-state index contributed by atoms with van der Waals surface area (Å²) in [5, 5.41) is 19.3. The van der Waals surface area contributed by atoms with Crippen LogP contribution in [0.1, 0.15) is 19.4 Å². The first kappa shape index (κ1) is 21.3. The van der Waals surface area contributed by atoms with E-state index in [1.165, 1.54) is 17.3 Å². The number of amides is 1. The lowest BCUT2D eigenvalue weighted by Crippen LogP contribution is -2.34. The molecule has 0 unspecified atom stereocenters. The van der Waals surface area contributed by atoms with E-state index < -0.39 is 0 Å². The average molecular weight is 457 g/mol. The van der Waals surface area contributed by atoms with Crippen LogP contribution in [0.5, 0.6) is 5.75 Å². The number of aromatic nitrogens is 3. The van der Waals surface area contributed by atoms with E-state index >= 15 is 0 Å². The molecule has 0 fully saturated rings. The number of rotatable bonds is 5. The number of hydrogen-bond donors (Lipinski definition) is 1. The van der Waals surface area contributed by atoms with E-state index in [-0.39, 0.29) is 22.9 Å². The van der Waals surface area contributed by atoms with E-state index in [1.54, 1.807) is 29.2 Å². The first-order valence-corrected chi connectivity index (χ1v) is 11.8. The molecule has 3 aromatic carbocycles. The molecule has 1 aliphatic heterocycles. The molecule has 0 atom stereocenters. The number of hydrogen-bond acceptors (Lipinski definition) is 5. The number of benzene rings is 3. The van der Waals surface area contributed by atoms with Gasteiger partial charge in [0.2, 0.25) is 5.91 Å². The number of thioether (sulfide) groups is 1. The molecule has 0 radical (unpaired) electrons. The van der Waals surface area contributed by atoms with Crippen molar-refractivity contribution >= 4 is 29.0 Å². The SMILES string of the molecule is CC1(C)Cc2ccccc2-c2nnc(SCC(=O)N(c3ccccc3)c3ccc(O)cc3)n21. The molecule has 6 nitrogen and oxygen atoms in total. The number of anilines is 2. The molecule has 7 heteroatoms. The Labute approximate surface area is 196 Å². The molecule has 1 aliphatic rings. The van der Waals surface area contributed by atoms with Gasteiger partial charge in [-0.05, 0) is 62.2 Å². The summed E-state index contributed by atoms with van der Waals surface area (Å²) in [6, 6.07) is 24.4. The minimum absolute atomic E-state index is 0.0803. The number of nitrogens with zero attached hydrogens (tertiary/aromatic N) is 4. The summed E-state index contributed by atoms with van der Waals surface area (Å²) in [5.41, 5.74) is 3.62. The van der Waals surface area contributed by atoms with Gasteiger partial charge in [-0.3, -0.25) is 14.3 Å². The number of aromatic hydroxyl groups is 1. The van der Waals surface area contributed by atoms with Crippen LogP contribution >= 0.6 is 11.8 Å². The quantitative estimate of drug-likeness (QED) is 0.407. The second kappa shape index (κ2) is 8.41. The van der Waals surface area contributed by atoms with Gasteiger partial charge in [0, 0.05) is 22.5 Å². The highest BCUT2D eigenvalue weighted by molar-refractivity contribution is 7.99. The fourth-order valence-corrected chi connectivity index (χ4v) is 5.27. The summed E-state index contributed by atoms with van der Waals surface area (Å²) in [6.07, 6.45) is 0.874. The minimum atomic E-state index is -0.200. The van der Waals surface area contributed by atoms with Gasteiger partial charge in [-0.1, -0.05) is 54.2 Å². The fourth-order valence-electron chi connectivity index (χ4n) is 4.33. The van der Waals surface area contributed by atoms with Crippen LogP contribution in [0.2, 0.25) is 0 Å². The van der Waals surface area contributed by atoms with E-state index in [9.17, 15) is 9.90 Å². The molecule has 0 saturated carbocycles. The van der Waals surface area contributed by atoms with Crippen LogP contribution in [0, 0.1) is 0 Å². The number of fused-ring (bicyclic) bond motifs is 3. The molecule has 0 bridgehead atoms. The highest BCUT2D eigenvalue weighted by Gasteiger charge is 2.34. The maximum Gasteiger partial charge on any atom is 0.242 e.